The summed E-state index contributed by atoms with van der Waals surface area (Å²) in [6, 6.07) is 29.5. The van der Waals surface area contributed by atoms with Crippen LogP contribution >= 0.6 is 0 Å². The highest BCUT2D eigenvalue weighted by molar-refractivity contribution is 7.00. The molecule has 6 aromatic rings. The van der Waals surface area contributed by atoms with Crippen molar-refractivity contribution >= 4 is 51.1 Å². The van der Waals surface area contributed by atoms with Crippen LogP contribution in [0.1, 0.15) is 104 Å². The van der Waals surface area contributed by atoms with Gasteiger partial charge in [0.2, 0.25) is 0 Å². The summed E-state index contributed by atoms with van der Waals surface area (Å²) in [6.45, 7) is 19.2. The van der Waals surface area contributed by atoms with E-state index in [1.165, 1.54) is 72.1 Å². The average Bonchev–Trinajstić information content (AvgIpc) is 3.81. The van der Waals surface area contributed by atoms with Crippen molar-refractivity contribution in [3.63, 3.8) is 0 Å². The quantitative estimate of drug-likeness (QED) is 0.174. The van der Waals surface area contributed by atoms with Crippen molar-refractivity contribution in [1.29, 1.82) is 0 Å². The topological polar surface area (TPSA) is 29.5 Å². The number of rotatable bonds is 2. The molecule has 4 heterocycles. The summed E-state index contributed by atoms with van der Waals surface area (Å²) < 4.78 is 14.2. The molecule has 0 amide bonds. The third kappa shape index (κ3) is 3.88. The largest absolute Gasteiger partial charge is 0.472 e. The molecule has 0 bridgehead atoms. The Balaban J connectivity index is 1.33. The van der Waals surface area contributed by atoms with Gasteiger partial charge in [-0.15, -0.1) is 0 Å². The molecule has 2 aliphatic heterocycles. The van der Waals surface area contributed by atoms with Gasteiger partial charge < -0.3 is 13.7 Å². The lowest BCUT2D eigenvalue weighted by atomic mass is 9.39. The highest BCUT2D eigenvalue weighted by Crippen LogP contribution is 2.58. The summed E-state index contributed by atoms with van der Waals surface area (Å²) in [5.41, 5.74) is 15.2. The van der Waals surface area contributed by atoms with Crippen LogP contribution in [-0.4, -0.2) is 6.71 Å². The van der Waals surface area contributed by atoms with Crippen LogP contribution in [0.3, 0.4) is 0 Å². The molecular weight excluding hydrogens is 609 g/mol. The van der Waals surface area contributed by atoms with Crippen LogP contribution in [0.25, 0.3) is 33.0 Å². The molecule has 4 aliphatic rings. The number of hydrogen-bond donors (Lipinski definition) is 0. The van der Waals surface area contributed by atoms with Gasteiger partial charge in [0, 0.05) is 27.6 Å². The van der Waals surface area contributed by atoms with Crippen LogP contribution in [0, 0.1) is 0 Å². The third-order valence-corrected chi connectivity index (χ3v) is 13.1. The van der Waals surface area contributed by atoms with Gasteiger partial charge in [0.1, 0.15) is 17.8 Å². The molecule has 0 saturated heterocycles. The van der Waals surface area contributed by atoms with E-state index in [-0.39, 0.29) is 28.4 Å². The molecule has 10 rings (SSSR count). The SMILES string of the molecule is CC1(C)CCC(C)(C)c2c(N3c4ccc(-c5ccc6ccccc6c5)c5c4B(c4ccccc4-5)c4oc5c(c43)C(C)(C)CCC5(C)C)coc21. The minimum absolute atomic E-state index is 0.0206. The van der Waals surface area contributed by atoms with E-state index in [1.807, 2.05) is 0 Å². The highest BCUT2D eigenvalue weighted by atomic mass is 16.3. The van der Waals surface area contributed by atoms with Crippen LogP contribution in [0.2, 0.25) is 0 Å². The second-order valence-corrected chi connectivity index (χ2v) is 18.2. The number of anilines is 3. The summed E-state index contributed by atoms with van der Waals surface area (Å²) in [6.07, 6.45) is 6.54. The Morgan fingerprint density at radius 1 is 0.600 bits per heavy atom. The lowest BCUT2D eigenvalue weighted by Gasteiger charge is -2.43. The van der Waals surface area contributed by atoms with Crippen molar-refractivity contribution in [1.82, 2.24) is 0 Å². The molecule has 2 aliphatic carbocycles. The Morgan fingerprint density at radius 3 is 2.04 bits per heavy atom. The zero-order chi connectivity index (χ0) is 34.5. The number of fused-ring (bicyclic) bond motifs is 9. The van der Waals surface area contributed by atoms with Crippen molar-refractivity contribution in [3.05, 3.63) is 108 Å². The fraction of sp³-hybridized carbons (Fsp3) is 0.348. The van der Waals surface area contributed by atoms with Crippen molar-refractivity contribution in [2.24, 2.45) is 0 Å². The van der Waals surface area contributed by atoms with Gasteiger partial charge in [0.05, 0.1) is 17.0 Å². The summed E-state index contributed by atoms with van der Waals surface area (Å²) in [5.74, 6) is 2.30. The van der Waals surface area contributed by atoms with E-state index in [0.29, 0.717) is 0 Å². The van der Waals surface area contributed by atoms with E-state index in [4.69, 9.17) is 8.83 Å². The Morgan fingerprint density at radius 2 is 1.26 bits per heavy atom. The van der Waals surface area contributed by atoms with E-state index < -0.39 is 0 Å². The summed E-state index contributed by atoms with van der Waals surface area (Å²) in [7, 11) is 0. The standard InChI is InChI=1S/C46H46BNO2/c1-43(2)21-23-45(5,6)40-36(43)34(26-49-40)48-33-20-19-30(29-18-17-27-13-9-10-14-28(27)25-29)35-31-15-11-12-16-32(31)47(38(33)35)42-39(48)37-41(50-42)46(7,8)24-22-44(37,3)4/h9-20,25-26H,21-24H2,1-8H3. The molecule has 0 N–H and O–H groups in total. The van der Waals surface area contributed by atoms with E-state index >= 15 is 0 Å². The van der Waals surface area contributed by atoms with Crippen LogP contribution in [0.4, 0.5) is 17.1 Å². The maximum atomic E-state index is 7.43. The van der Waals surface area contributed by atoms with Crippen molar-refractivity contribution < 1.29 is 8.83 Å². The minimum atomic E-state index is -0.0612. The summed E-state index contributed by atoms with van der Waals surface area (Å²) >= 11 is 0. The highest BCUT2D eigenvalue weighted by Gasteiger charge is 2.54. The Kier molecular flexibility index (Phi) is 5.87. The van der Waals surface area contributed by atoms with Gasteiger partial charge >= 0.3 is 0 Å². The van der Waals surface area contributed by atoms with Gasteiger partial charge in [-0.1, -0.05) is 128 Å². The average molecular weight is 656 g/mol. The minimum Gasteiger partial charge on any atom is -0.472 e. The molecule has 0 saturated carbocycles. The van der Waals surface area contributed by atoms with E-state index in [1.54, 1.807) is 0 Å². The van der Waals surface area contributed by atoms with Gasteiger partial charge in [-0.2, -0.15) is 0 Å². The van der Waals surface area contributed by atoms with Gasteiger partial charge in [0.15, 0.2) is 0 Å². The maximum Gasteiger partial charge on any atom is 0.293 e. The number of benzene rings is 4. The summed E-state index contributed by atoms with van der Waals surface area (Å²) in [4.78, 5) is 2.59. The smallest absolute Gasteiger partial charge is 0.293 e. The Hall–Kier alpha value is -4.44. The molecule has 50 heavy (non-hydrogen) atoms. The van der Waals surface area contributed by atoms with Crippen LogP contribution < -0.4 is 21.5 Å². The van der Waals surface area contributed by atoms with E-state index in [0.717, 1.165) is 42.9 Å². The first-order chi connectivity index (χ1) is 23.8. The number of hydrogen-bond acceptors (Lipinski definition) is 3. The molecule has 0 spiro atoms. The molecule has 4 aromatic carbocycles. The predicted molar refractivity (Wildman–Crippen MR) is 209 cm³/mol. The second-order valence-electron chi connectivity index (χ2n) is 18.2. The molecule has 0 fully saturated rings. The first-order valence-corrected chi connectivity index (χ1v) is 18.6. The van der Waals surface area contributed by atoms with Crippen molar-refractivity contribution in [2.75, 3.05) is 4.90 Å². The molecular formula is C46H46BNO2. The lowest BCUT2D eigenvalue weighted by Crippen LogP contribution is -2.54. The maximum absolute atomic E-state index is 7.43. The zero-order valence-corrected chi connectivity index (χ0v) is 30.8. The van der Waals surface area contributed by atoms with Gasteiger partial charge in [-0.05, 0) is 87.1 Å². The predicted octanol–water partition coefficient (Wildman–Crippen LogP) is 10.7. The summed E-state index contributed by atoms with van der Waals surface area (Å²) in [5, 5.41) is 2.53. The van der Waals surface area contributed by atoms with Crippen molar-refractivity contribution in [3.8, 4) is 22.3 Å². The Labute approximate surface area is 296 Å². The molecule has 250 valence electrons. The van der Waals surface area contributed by atoms with Gasteiger partial charge in [-0.25, -0.2) is 0 Å². The first kappa shape index (κ1) is 30.4. The van der Waals surface area contributed by atoms with Crippen LogP contribution in [0.5, 0.6) is 0 Å². The molecule has 3 nitrogen and oxygen atoms in total. The van der Waals surface area contributed by atoms with E-state index in [9.17, 15) is 0 Å². The fourth-order valence-corrected chi connectivity index (χ4v) is 10.1. The first-order valence-electron chi connectivity index (χ1n) is 18.6. The van der Waals surface area contributed by atoms with Crippen molar-refractivity contribution in [2.45, 2.75) is 103 Å². The second kappa shape index (κ2) is 9.66. The van der Waals surface area contributed by atoms with Gasteiger partial charge in [-0.3, -0.25) is 0 Å². The normalized spacial score (nSPS) is 19.8. The van der Waals surface area contributed by atoms with Gasteiger partial charge in [0.25, 0.3) is 6.71 Å². The molecule has 0 atom stereocenters. The third-order valence-electron chi connectivity index (χ3n) is 13.1. The zero-order valence-electron chi connectivity index (χ0n) is 30.8. The fourth-order valence-electron chi connectivity index (χ4n) is 10.1. The van der Waals surface area contributed by atoms with Crippen LogP contribution in [0.15, 0.2) is 94.0 Å². The van der Waals surface area contributed by atoms with Crippen LogP contribution in [-0.2, 0) is 21.7 Å². The molecule has 4 heteroatoms. The number of furan rings is 2. The Bertz CT molecular complexity index is 2420. The molecule has 0 unspecified atom stereocenters. The molecule has 0 radical (unpaired) electrons. The van der Waals surface area contributed by atoms with E-state index in [2.05, 4.69) is 145 Å². The molecule has 2 aromatic heterocycles. The lowest BCUT2D eigenvalue weighted by molar-refractivity contribution is 0.278. The number of nitrogens with zero attached hydrogens (tertiary/aromatic N) is 1. The monoisotopic (exact) mass is 655 g/mol.